The van der Waals surface area contributed by atoms with Gasteiger partial charge in [-0.05, 0) is 31.0 Å². The van der Waals surface area contributed by atoms with Crippen molar-refractivity contribution < 1.29 is 19.1 Å². The van der Waals surface area contributed by atoms with Crippen molar-refractivity contribution in [3.63, 3.8) is 0 Å². The minimum Gasteiger partial charge on any atom is -0.483 e. The first-order chi connectivity index (χ1) is 12.8. The monoisotopic (exact) mass is 374 g/mol. The van der Waals surface area contributed by atoms with E-state index in [2.05, 4.69) is 21.2 Å². The van der Waals surface area contributed by atoms with Gasteiger partial charge in [-0.25, -0.2) is 4.68 Å². The van der Waals surface area contributed by atoms with E-state index in [-0.39, 0.29) is 24.8 Å². The fraction of sp³-hybridized carbons (Fsp3) is 0.353. The molecule has 0 unspecified atom stereocenters. The Kier molecular flexibility index (Phi) is 6.47. The summed E-state index contributed by atoms with van der Waals surface area (Å²) in [5.41, 5.74) is 6.35. The number of likely N-dealkylation sites (N-methyl/N-ethyl adjacent to an activating group) is 1. The molecule has 10 heteroatoms. The number of aromatic nitrogens is 3. The van der Waals surface area contributed by atoms with Crippen molar-refractivity contribution in [3.8, 4) is 5.75 Å². The highest BCUT2D eigenvalue weighted by Gasteiger charge is 2.14. The first-order valence-electron chi connectivity index (χ1n) is 8.16. The van der Waals surface area contributed by atoms with E-state index >= 15 is 0 Å². The van der Waals surface area contributed by atoms with Crippen LogP contribution in [0, 0.1) is 13.8 Å². The summed E-state index contributed by atoms with van der Waals surface area (Å²) in [4.78, 5) is 36.8. The van der Waals surface area contributed by atoms with Gasteiger partial charge in [0.1, 0.15) is 12.3 Å². The summed E-state index contributed by atoms with van der Waals surface area (Å²) >= 11 is 0. The van der Waals surface area contributed by atoms with Crippen LogP contribution in [0.5, 0.6) is 5.75 Å². The fourth-order valence-corrected chi connectivity index (χ4v) is 1.99. The van der Waals surface area contributed by atoms with E-state index in [1.807, 2.05) is 32.0 Å². The number of ether oxygens (including phenoxy) is 1. The predicted molar refractivity (Wildman–Crippen MR) is 95.7 cm³/mol. The van der Waals surface area contributed by atoms with E-state index in [1.165, 1.54) is 15.8 Å². The van der Waals surface area contributed by atoms with E-state index in [0.717, 1.165) is 11.1 Å². The molecule has 0 bridgehead atoms. The molecular weight excluding hydrogens is 352 g/mol. The topological polar surface area (TPSA) is 118 Å². The number of benzene rings is 1. The van der Waals surface area contributed by atoms with Crippen LogP contribution in [0.25, 0.3) is 0 Å². The highest BCUT2D eigenvalue weighted by atomic mass is 16.5. The molecule has 10 nitrogen and oxygen atoms in total. The maximum absolute atomic E-state index is 12.0. The van der Waals surface area contributed by atoms with Crippen molar-refractivity contribution in [2.24, 2.45) is 0 Å². The first-order valence-corrected chi connectivity index (χ1v) is 8.16. The van der Waals surface area contributed by atoms with Crippen LogP contribution in [0.3, 0.4) is 0 Å². The Labute approximate surface area is 156 Å². The van der Waals surface area contributed by atoms with Gasteiger partial charge in [-0.3, -0.25) is 25.2 Å². The molecule has 0 fully saturated rings. The lowest BCUT2D eigenvalue weighted by molar-refractivity contribution is -0.129. The SMILES string of the molecule is Cc1ccc(C)c(OCC(=O)NNC(=O)c2cn(CC(=O)N(C)C)nn2)c1. The smallest absolute Gasteiger partial charge is 0.291 e. The highest BCUT2D eigenvalue weighted by Crippen LogP contribution is 2.18. The van der Waals surface area contributed by atoms with Crippen LogP contribution < -0.4 is 15.6 Å². The molecule has 0 saturated heterocycles. The lowest BCUT2D eigenvalue weighted by Crippen LogP contribution is -2.44. The van der Waals surface area contributed by atoms with Crippen LogP contribution in [0.4, 0.5) is 0 Å². The Balaban J connectivity index is 1.81. The average Bonchev–Trinajstić information content (AvgIpc) is 3.08. The third kappa shape index (κ3) is 5.80. The largest absolute Gasteiger partial charge is 0.483 e. The molecule has 0 aliphatic rings. The lowest BCUT2D eigenvalue weighted by atomic mass is 10.1. The standard InChI is InChI=1S/C17H22N6O4/c1-11-5-6-12(2)14(7-11)27-10-15(24)19-20-17(26)13-8-23(21-18-13)9-16(25)22(3)4/h5-8H,9-10H2,1-4H3,(H,19,24)(H,20,26). The normalized spacial score (nSPS) is 10.2. The van der Waals surface area contributed by atoms with Gasteiger partial charge >= 0.3 is 0 Å². The molecular formula is C17H22N6O4. The van der Waals surface area contributed by atoms with Gasteiger partial charge in [-0.15, -0.1) is 5.10 Å². The number of amides is 3. The molecule has 0 atom stereocenters. The Morgan fingerprint density at radius 3 is 2.63 bits per heavy atom. The second-order valence-electron chi connectivity index (χ2n) is 6.15. The molecule has 0 spiro atoms. The van der Waals surface area contributed by atoms with Crippen molar-refractivity contribution >= 4 is 17.7 Å². The molecule has 3 amide bonds. The molecule has 1 aromatic heterocycles. The zero-order valence-corrected chi connectivity index (χ0v) is 15.6. The summed E-state index contributed by atoms with van der Waals surface area (Å²) in [7, 11) is 3.23. The number of nitrogens with zero attached hydrogens (tertiary/aromatic N) is 4. The zero-order valence-electron chi connectivity index (χ0n) is 15.6. The average molecular weight is 374 g/mol. The minimum atomic E-state index is -0.654. The van der Waals surface area contributed by atoms with E-state index in [9.17, 15) is 14.4 Å². The summed E-state index contributed by atoms with van der Waals surface area (Å²) in [5.74, 6) is -0.771. The van der Waals surface area contributed by atoms with Crippen molar-refractivity contribution in [1.29, 1.82) is 0 Å². The van der Waals surface area contributed by atoms with Gasteiger partial charge in [0, 0.05) is 14.1 Å². The number of nitrogens with one attached hydrogen (secondary N) is 2. The second-order valence-corrected chi connectivity index (χ2v) is 6.15. The number of hydrazine groups is 1. The number of aryl methyl sites for hydroxylation is 2. The Morgan fingerprint density at radius 1 is 1.19 bits per heavy atom. The van der Waals surface area contributed by atoms with Gasteiger partial charge in [0.2, 0.25) is 5.91 Å². The lowest BCUT2D eigenvalue weighted by Gasteiger charge is -2.10. The summed E-state index contributed by atoms with van der Waals surface area (Å²) in [6.45, 7) is 3.50. The molecule has 0 aliphatic carbocycles. The number of hydrogen-bond acceptors (Lipinski definition) is 6. The molecule has 144 valence electrons. The van der Waals surface area contributed by atoms with Gasteiger partial charge in [-0.1, -0.05) is 17.3 Å². The van der Waals surface area contributed by atoms with Crippen molar-refractivity contribution in [3.05, 3.63) is 41.2 Å². The maximum Gasteiger partial charge on any atom is 0.291 e. The van der Waals surface area contributed by atoms with Gasteiger partial charge in [-0.2, -0.15) is 0 Å². The number of carbonyl (C=O) groups excluding carboxylic acids is 3. The van der Waals surface area contributed by atoms with Gasteiger partial charge in [0.15, 0.2) is 12.3 Å². The summed E-state index contributed by atoms with van der Waals surface area (Å²) < 4.78 is 6.69. The highest BCUT2D eigenvalue weighted by molar-refractivity contribution is 5.93. The van der Waals surface area contributed by atoms with Crippen LogP contribution in [0.2, 0.25) is 0 Å². The Bertz CT molecular complexity index is 846. The molecule has 1 heterocycles. The van der Waals surface area contributed by atoms with E-state index in [0.29, 0.717) is 5.75 Å². The van der Waals surface area contributed by atoms with Crippen LogP contribution >= 0.6 is 0 Å². The Morgan fingerprint density at radius 2 is 1.93 bits per heavy atom. The number of rotatable bonds is 6. The van der Waals surface area contributed by atoms with E-state index < -0.39 is 11.8 Å². The number of hydrogen-bond donors (Lipinski definition) is 2. The third-order valence-electron chi connectivity index (χ3n) is 3.59. The molecule has 27 heavy (non-hydrogen) atoms. The quantitative estimate of drug-likeness (QED) is 0.678. The van der Waals surface area contributed by atoms with Gasteiger partial charge in [0.25, 0.3) is 11.8 Å². The molecule has 2 rings (SSSR count). The third-order valence-corrected chi connectivity index (χ3v) is 3.59. The van der Waals surface area contributed by atoms with Crippen LogP contribution in [-0.2, 0) is 16.1 Å². The molecule has 0 aliphatic heterocycles. The zero-order chi connectivity index (χ0) is 20.0. The van der Waals surface area contributed by atoms with E-state index in [1.54, 1.807) is 14.1 Å². The summed E-state index contributed by atoms with van der Waals surface area (Å²) in [6.07, 6.45) is 1.31. The molecule has 2 N–H and O–H groups in total. The first kappa shape index (κ1) is 19.9. The molecule has 1 aromatic carbocycles. The molecule has 0 saturated carbocycles. The van der Waals surface area contributed by atoms with Crippen LogP contribution in [0.1, 0.15) is 21.6 Å². The van der Waals surface area contributed by atoms with Gasteiger partial charge in [0.05, 0.1) is 6.20 Å². The van der Waals surface area contributed by atoms with Crippen molar-refractivity contribution in [2.45, 2.75) is 20.4 Å². The fourth-order valence-electron chi connectivity index (χ4n) is 1.99. The van der Waals surface area contributed by atoms with Gasteiger partial charge < -0.3 is 9.64 Å². The van der Waals surface area contributed by atoms with Crippen molar-refractivity contribution in [1.82, 2.24) is 30.7 Å². The summed E-state index contributed by atoms with van der Waals surface area (Å²) in [5, 5.41) is 7.37. The minimum absolute atomic E-state index is 0.0303. The maximum atomic E-state index is 12.0. The molecule has 0 radical (unpaired) electrons. The predicted octanol–water partition coefficient (Wildman–Crippen LogP) is -0.177. The van der Waals surface area contributed by atoms with Crippen molar-refractivity contribution in [2.75, 3.05) is 20.7 Å². The number of carbonyl (C=O) groups is 3. The van der Waals surface area contributed by atoms with E-state index in [4.69, 9.17) is 4.74 Å². The summed E-state index contributed by atoms with van der Waals surface area (Å²) in [6, 6.07) is 5.67. The second kappa shape index (κ2) is 8.79. The van der Waals surface area contributed by atoms with Crippen LogP contribution in [0.15, 0.2) is 24.4 Å². The van der Waals surface area contributed by atoms with Crippen LogP contribution in [-0.4, -0.2) is 58.3 Å². The Hall–Kier alpha value is -3.43. The molecule has 2 aromatic rings.